The number of anilines is 2. The fourth-order valence-electron chi connectivity index (χ4n) is 3.76. The molecule has 3 heterocycles. The Kier molecular flexibility index (Phi) is 4.24. The summed E-state index contributed by atoms with van der Waals surface area (Å²) in [7, 11) is 1.89. The smallest absolute Gasteiger partial charge is 0.228 e. The zero-order valence-electron chi connectivity index (χ0n) is 16.9. The van der Waals surface area contributed by atoms with Crippen LogP contribution in [0.1, 0.15) is 18.4 Å². The van der Waals surface area contributed by atoms with E-state index < -0.39 is 0 Å². The summed E-state index contributed by atoms with van der Waals surface area (Å²) in [6.45, 7) is 2.06. The minimum atomic E-state index is 0.0351. The molecule has 4 aromatic rings. The molecule has 1 aliphatic rings. The molecule has 3 aromatic heterocycles. The molecule has 1 saturated carbocycles. The van der Waals surface area contributed by atoms with Gasteiger partial charge in [0.05, 0.1) is 11.9 Å². The second-order valence-corrected chi connectivity index (χ2v) is 7.87. The van der Waals surface area contributed by atoms with Crippen LogP contribution in [0.5, 0.6) is 0 Å². The second-order valence-electron chi connectivity index (χ2n) is 7.87. The Bertz CT molecular complexity index is 1290. The fourth-order valence-corrected chi connectivity index (χ4v) is 3.76. The first kappa shape index (κ1) is 18.3. The maximum absolute atomic E-state index is 12.1. The third kappa shape index (κ3) is 3.28. The minimum absolute atomic E-state index is 0.0351. The summed E-state index contributed by atoms with van der Waals surface area (Å²) >= 11 is 0. The molecule has 0 radical (unpaired) electrons. The SMILES string of the molecule is Cc1ccnc(-c2cnn(C)c2)c1-c1cc(N)c2cnc(NC(=O)C3CC3)cc2c1. The van der Waals surface area contributed by atoms with Crippen LogP contribution in [0.2, 0.25) is 0 Å². The molecule has 5 rings (SSSR count). The summed E-state index contributed by atoms with van der Waals surface area (Å²) in [5, 5.41) is 8.98. The summed E-state index contributed by atoms with van der Waals surface area (Å²) in [6, 6.07) is 7.90. The average Bonchev–Trinajstić information content (AvgIpc) is 3.48. The number of carbonyl (C=O) groups is 1. The van der Waals surface area contributed by atoms with Gasteiger partial charge < -0.3 is 11.1 Å². The van der Waals surface area contributed by atoms with Crippen LogP contribution in [0.3, 0.4) is 0 Å². The van der Waals surface area contributed by atoms with Gasteiger partial charge in [-0.3, -0.25) is 14.5 Å². The molecule has 0 unspecified atom stereocenters. The van der Waals surface area contributed by atoms with Crippen molar-refractivity contribution in [3.05, 3.63) is 54.6 Å². The maximum Gasteiger partial charge on any atom is 0.228 e. The molecule has 150 valence electrons. The summed E-state index contributed by atoms with van der Waals surface area (Å²) in [4.78, 5) is 21.1. The molecule has 30 heavy (non-hydrogen) atoms. The van der Waals surface area contributed by atoms with E-state index in [4.69, 9.17) is 5.73 Å². The molecule has 0 atom stereocenters. The Morgan fingerprint density at radius 3 is 2.73 bits per heavy atom. The van der Waals surface area contributed by atoms with Gasteiger partial charge in [-0.1, -0.05) is 0 Å². The van der Waals surface area contributed by atoms with Crippen LogP contribution in [-0.2, 0) is 11.8 Å². The Hall–Kier alpha value is -3.74. The van der Waals surface area contributed by atoms with Crippen molar-refractivity contribution in [2.45, 2.75) is 19.8 Å². The lowest BCUT2D eigenvalue weighted by Gasteiger charge is -2.14. The number of benzene rings is 1. The van der Waals surface area contributed by atoms with Crippen LogP contribution < -0.4 is 11.1 Å². The van der Waals surface area contributed by atoms with Crippen molar-refractivity contribution in [1.29, 1.82) is 0 Å². The van der Waals surface area contributed by atoms with E-state index in [9.17, 15) is 4.79 Å². The Morgan fingerprint density at radius 1 is 1.17 bits per heavy atom. The summed E-state index contributed by atoms with van der Waals surface area (Å²) in [5.41, 5.74) is 11.9. The third-order valence-electron chi connectivity index (χ3n) is 5.49. The second kappa shape index (κ2) is 6.95. The van der Waals surface area contributed by atoms with Crippen LogP contribution in [-0.4, -0.2) is 25.7 Å². The minimum Gasteiger partial charge on any atom is -0.398 e. The summed E-state index contributed by atoms with van der Waals surface area (Å²) in [6.07, 6.45) is 9.19. The molecule has 3 N–H and O–H groups in total. The topological polar surface area (TPSA) is 98.7 Å². The number of pyridine rings is 2. The van der Waals surface area contributed by atoms with Crippen molar-refractivity contribution in [3.63, 3.8) is 0 Å². The van der Waals surface area contributed by atoms with Crippen LogP contribution in [0, 0.1) is 12.8 Å². The highest BCUT2D eigenvalue weighted by molar-refractivity contribution is 6.01. The molecule has 1 amide bonds. The van der Waals surface area contributed by atoms with Gasteiger partial charge in [-0.05, 0) is 60.5 Å². The zero-order chi connectivity index (χ0) is 20.8. The number of hydrogen-bond donors (Lipinski definition) is 2. The van der Waals surface area contributed by atoms with E-state index in [1.54, 1.807) is 17.1 Å². The molecule has 1 aliphatic carbocycles. The van der Waals surface area contributed by atoms with Crippen molar-refractivity contribution in [3.8, 4) is 22.4 Å². The fraction of sp³-hybridized carbons (Fsp3) is 0.217. The number of carbonyl (C=O) groups excluding carboxylic acids is 1. The molecular formula is C23H22N6O. The number of nitrogen functional groups attached to an aromatic ring is 1. The normalized spacial score (nSPS) is 13.5. The van der Waals surface area contributed by atoms with E-state index >= 15 is 0 Å². The molecule has 1 aromatic carbocycles. The van der Waals surface area contributed by atoms with Crippen molar-refractivity contribution in [2.24, 2.45) is 13.0 Å². The lowest BCUT2D eigenvalue weighted by molar-refractivity contribution is -0.117. The van der Waals surface area contributed by atoms with E-state index in [2.05, 4.69) is 33.4 Å². The van der Waals surface area contributed by atoms with Gasteiger partial charge in [0.1, 0.15) is 5.82 Å². The van der Waals surface area contributed by atoms with Gasteiger partial charge in [0.2, 0.25) is 5.91 Å². The van der Waals surface area contributed by atoms with Crippen molar-refractivity contribution >= 4 is 28.2 Å². The van der Waals surface area contributed by atoms with Gasteiger partial charge in [-0.25, -0.2) is 4.98 Å². The van der Waals surface area contributed by atoms with Crippen molar-refractivity contribution in [2.75, 3.05) is 11.1 Å². The molecule has 0 aliphatic heterocycles. The number of amides is 1. The molecular weight excluding hydrogens is 376 g/mol. The predicted octanol–water partition coefficient (Wildman–Crippen LogP) is 3.94. The van der Waals surface area contributed by atoms with Gasteiger partial charge in [0, 0.05) is 53.8 Å². The molecule has 7 nitrogen and oxygen atoms in total. The summed E-state index contributed by atoms with van der Waals surface area (Å²) in [5.74, 6) is 0.707. The van der Waals surface area contributed by atoms with E-state index in [1.165, 1.54) is 0 Å². The highest BCUT2D eigenvalue weighted by Gasteiger charge is 2.29. The Balaban J connectivity index is 1.63. The third-order valence-corrected chi connectivity index (χ3v) is 5.49. The molecule has 1 fully saturated rings. The van der Waals surface area contributed by atoms with Crippen LogP contribution >= 0.6 is 0 Å². The van der Waals surface area contributed by atoms with Gasteiger partial charge in [-0.2, -0.15) is 5.10 Å². The van der Waals surface area contributed by atoms with E-state index in [0.717, 1.165) is 51.6 Å². The predicted molar refractivity (Wildman–Crippen MR) is 118 cm³/mol. The van der Waals surface area contributed by atoms with Crippen molar-refractivity contribution in [1.82, 2.24) is 19.7 Å². The number of nitrogens with two attached hydrogens (primary N) is 1. The monoisotopic (exact) mass is 398 g/mol. The largest absolute Gasteiger partial charge is 0.398 e. The first-order valence-electron chi connectivity index (χ1n) is 9.95. The van der Waals surface area contributed by atoms with Gasteiger partial charge in [-0.15, -0.1) is 0 Å². The number of nitrogens with zero attached hydrogens (tertiary/aromatic N) is 4. The summed E-state index contributed by atoms with van der Waals surface area (Å²) < 4.78 is 1.76. The Morgan fingerprint density at radius 2 is 2.00 bits per heavy atom. The van der Waals surface area contributed by atoms with Gasteiger partial charge >= 0.3 is 0 Å². The number of aromatic nitrogens is 4. The van der Waals surface area contributed by atoms with Gasteiger partial charge in [0.25, 0.3) is 0 Å². The number of fused-ring (bicyclic) bond motifs is 1. The lowest BCUT2D eigenvalue weighted by atomic mass is 9.94. The first-order chi connectivity index (χ1) is 14.5. The standard InChI is InChI=1S/C23H22N6O/c1-13-5-6-25-22(17-10-27-29(2)12-17)21(13)16-7-15-9-20(28-23(30)14-3-4-14)26-11-18(15)19(24)8-16/h5-12,14H,3-4,24H2,1-2H3,(H,26,28,30). The van der Waals surface area contributed by atoms with Crippen LogP contribution in [0.4, 0.5) is 11.5 Å². The first-order valence-corrected chi connectivity index (χ1v) is 9.95. The van der Waals surface area contributed by atoms with Crippen LogP contribution in [0.15, 0.2) is 49.1 Å². The molecule has 7 heteroatoms. The Labute approximate surface area is 174 Å². The van der Waals surface area contributed by atoms with E-state index in [0.29, 0.717) is 11.5 Å². The number of hydrogen-bond acceptors (Lipinski definition) is 5. The highest BCUT2D eigenvalue weighted by atomic mass is 16.2. The number of aryl methyl sites for hydroxylation is 2. The molecule has 0 bridgehead atoms. The van der Waals surface area contributed by atoms with Crippen LogP contribution in [0.25, 0.3) is 33.2 Å². The molecule has 0 saturated heterocycles. The highest BCUT2D eigenvalue weighted by Crippen LogP contribution is 2.37. The number of nitrogens with one attached hydrogen (secondary N) is 1. The number of rotatable bonds is 4. The van der Waals surface area contributed by atoms with E-state index in [-0.39, 0.29) is 11.8 Å². The van der Waals surface area contributed by atoms with Gasteiger partial charge in [0.15, 0.2) is 0 Å². The maximum atomic E-state index is 12.1. The molecule has 0 spiro atoms. The van der Waals surface area contributed by atoms with Crippen molar-refractivity contribution < 1.29 is 4.79 Å². The zero-order valence-corrected chi connectivity index (χ0v) is 16.9. The quantitative estimate of drug-likeness (QED) is 0.508. The average molecular weight is 398 g/mol. The lowest BCUT2D eigenvalue weighted by Crippen LogP contribution is -2.14. The van der Waals surface area contributed by atoms with E-state index in [1.807, 2.05) is 37.6 Å².